The first kappa shape index (κ1) is 16.7. The maximum absolute atomic E-state index is 13.0. The largest absolute Gasteiger partial charge is 0.348 e. The summed E-state index contributed by atoms with van der Waals surface area (Å²) in [4.78, 5) is 16.9. The van der Waals surface area contributed by atoms with Gasteiger partial charge in [-0.05, 0) is 43.2 Å². The van der Waals surface area contributed by atoms with Crippen LogP contribution in [0.2, 0.25) is 0 Å². The van der Waals surface area contributed by atoms with E-state index in [1.165, 1.54) is 0 Å². The average Bonchev–Trinajstić information content (AvgIpc) is 3.22. The van der Waals surface area contributed by atoms with Gasteiger partial charge in [-0.15, -0.1) is 0 Å². The fourth-order valence-electron chi connectivity index (χ4n) is 3.50. The molecule has 28 heavy (non-hydrogen) atoms. The second-order valence-corrected chi connectivity index (χ2v) is 7.04. The van der Waals surface area contributed by atoms with Crippen molar-refractivity contribution in [2.75, 3.05) is 5.32 Å². The Balaban J connectivity index is 1.43. The van der Waals surface area contributed by atoms with Crippen LogP contribution in [0.1, 0.15) is 23.3 Å². The number of aromatic amines is 1. The number of halogens is 1. The molecule has 9 heteroatoms. The summed E-state index contributed by atoms with van der Waals surface area (Å²) in [5.74, 6) is 0.353. The van der Waals surface area contributed by atoms with Gasteiger partial charge in [0.1, 0.15) is 11.7 Å². The Hall–Kier alpha value is -3.49. The van der Waals surface area contributed by atoms with Gasteiger partial charge in [0, 0.05) is 30.4 Å². The van der Waals surface area contributed by atoms with Gasteiger partial charge in [-0.3, -0.25) is 19.6 Å². The number of H-pyrrole nitrogens is 1. The summed E-state index contributed by atoms with van der Waals surface area (Å²) < 4.78 is 14.6. The molecule has 0 aliphatic heterocycles. The predicted molar refractivity (Wildman–Crippen MR) is 103 cm³/mol. The molecule has 1 aliphatic rings. The fraction of sp³-hybridized carbons (Fsp3) is 0.263. The standard InChI is InChI=1S/C19H18FN7O/c1-27-15-9-11(22-18-17-14(24-25-18)3-2-6-21-17)4-5-13(15)16(26-27)19(28)23-12-7-10(20)8-12/h2-6,9-10,12H,7-8H2,1H3,(H,23,28)(H2,22,24,25). The molecule has 1 saturated carbocycles. The summed E-state index contributed by atoms with van der Waals surface area (Å²) in [5.41, 5.74) is 3.55. The third kappa shape index (κ3) is 2.75. The fourth-order valence-corrected chi connectivity index (χ4v) is 3.50. The van der Waals surface area contributed by atoms with Gasteiger partial charge in [-0.2, -0.15) is 10.2 Å². The third-order valence-electron chi connectivity index (χ3n) is 5.07. The van der Waals surface area contributed by atoms with Crippen LogP contribution in [0.25, 0.3) is 21.9 Å². The number of nitrogens with one attached hydrogen (secondary N) is 3. The maximum Gasteiger partial charge on any atom is 0.272 e. The van der Waals surface area contributed by atoms with E-state index in [-0.39, 0.29) is 11.9 Å². The van der Waals surface area contributed by atoms with E-state index in [9.17, 15) is 9.18 Å². The number of nitrogens with zero attached hydrogens (tertiary/aromatic N) is 4. The van der Waals surface area contributed by atoms with Crippen LogP contribution < -0.4 is 10.6 Å². The van der Waals surface area contributed by atoms with Crippen molar-refractivity contribution in [3.8, 4) is 0 Å². The third-order valence-corrected chi connectivity index (χ3v) is 5.07. The number of rotatable bonds is 4. The summed E-state index contributed by atoms with van der Waals surface area (Å²) in [6, 6.07) is 9.26. The predicted octanol–water partition coefficient (Wildman–Crippen LogP) is 2.82. The van der Waals surface area contributed by atoms with Crippen molar-refractivity contribution in [1.29, 1.82) is 0 Å². The number of carbonyl (C=O) groups is 1. The summed E-state index contributed by atoms with van der Waals surface area (Å²) in [6.07, 6.45) is 1.64. The molecule has 0 bridgehead atoms. The van der Waals surface area contributed by atoms with E-state index < -0.39 is 6.17 Å². The van der Waals surface area contributed by atoms with E-state index in [2.05, 4.69) is 30.9 Å². The topological polar surface area (TPSA) is 101 Å². The van der Waals surface area contributed by atoms with Crippen LogP contribution in [0, 0.1) is 0 Å². The second-order valence-electron chi connectivity index (χ2n) is 7.04. The molecular formula is C19H18FN7O. The normalized spacial score (nSPS) is 18.9. The number of hydrogen-bond donors (Lipinski definition) is 3. The van der Waals surface area contributed by atoms with Crippen molar-refractivity contribution in [3.05, 3.63) is 42.2 Å². The first-order valence-electron chi connectivity index (χ1n) is 9.06. The molecule has 3 N–H and O–H groups in total. The number of fused-ring (bicyclic) bond motifs is 2. The first-order chi connectivity index (χ1) is 13.6. The molecule has 0 radical (unpaired) electrons. The molecule has 1 aliphatic carbocycles. The van der Waals surface area contributed by atoms with Crippen molar-refractivity contribution < 1.29 is 9.18 Å². The number of hydrogen-bond acceptors (Lipinski definition) is 5. The molecule has 8 nitrogen and oxygen atoms in total. The minimum absolute atomic E-state index is 0.110. The second kappa shape index (κ2) is 6.29. The van der Waals surface area contributed by atoms with E-state index in [1.54, 1.807) is 17.9 Å². The van der Waals surface area contributed by atoms with E-state index in [0.29, 0.717) is 24.4 Å². The summed E-state index contributed by atoms with van der Waals surface area (Å²) in [7, 11) is 1.79. The van der Waals surface area contributed by atoms with Crippen LogP contribution in [0.3, 0.4) is 0 Å². The number of benzene rings is 1. The van der Waals surface area contributed by atoms with Gasteiger partial charge in [0.2, 0.25) is 0 Å². The van der Waals surface area contributed by atoms with Gasteiger partial charge in [-0.1, -0.05) is 0 Å². The van der Waals surface area contributed by atoms with Crippen molar-refractivity contribution in [2.24, 2.45) is 7.05 Å². The Morgan fingerprint density at radius 3 is 3.00 bits per heavy atom. The average molecular weight is 379 g/mol. The highest BCUT2D eigenvalue weighted by Crippen LogP contribution is 2.27. The molecule has 1 aromatic carbocycles. The minimum Gasteiger partial charge on any atom is -0.348 e. The molecule has 142 valence electrons. The lowest BCUT2D eigenvalue weighted by atomic mass is 9.90. The number of anilines is 2. The molecule has 0 saturated heterocycles. The zero-order chi connectivity index (χ0) is 19.3. The van der Waals surface area contributed by atoms with E-state index in [0.717, 1.165) is 27.6 Å². The molecule has 1 fully saturated rings. The SMILES string of the molecule is Cn1nc(C(=O)NC2CC(F)C2)c2ccc(Nc3n[nH]c4cccnc34)cc21. The van der Waals surface area contributed by atoms with Gasteiger partial charge in [-0.25, -0.2) is 4.39 Å². The summed E-state index contributed by atoms with van der Waals surface area (Å²) in [6.45, 7) is 0. The highest BCUT2D eigenvalue weighted by molar-refractivity contribution is 6.05. The van der Waals surface area contributed by atoms with E-state index >= 15 is 0 Å². The Bertz CT molecular complexity index is 1190. The summed E-state index contributed by atoms with van der Waals surface area (Å²) >= 11 is 0. The van der Waals surface area contributed by atoms with Gasteiger partial charge >= 0.3 is 0 Å². The highest BCUT2D eigenvalue weighted by atomic mass is 19.1. The van der Waals surface area contributed by atoms with Crippen molar-refractivity contribution in [1.82, 2.24) is 30.3 Å². The van der Waals surface area contributed by atoms with Gasteiger partial charge in [0.05, 0.1) is 11.0 Å². The quantitative estimate of drug-likeness (QED) is 0.506. The minimum atomic E-state index is -0.813. The lowest BCUT2D eigenvalue weighted by Crippen LogP contribution is -2.45. The van der Waals surface area contributed by atoms with Crippen LogP contribution >= 0.6 is 0 Å². The van der Waals surface area contributed by atoms with Crippen LogP contribution in [0.15, 0.2) is 36.5 Å². The molecule has 0 atom stereocenters. The van der Waals surface area contributed by atoms with Crippen molar-refractivity contribution in [3.63, 3.8) is 0 Å². The van der Waals surface area contributed by atoms with E-state index in [4.69, 9.17) is 0 Å². The van der Waals surface area contributed by atoms with Gasteiger partial charge < -0.3 is 10.6 Å². The highest BCUT2D eigenvalue weighted by Gasteiger charge is 2.31. The Morgan fingerprint density at radius 2 is 2.18 bits per heavy atom. The van der Waals surface area contributed by atoms with Crippen LogP contribution in [-0.2, 0) is 7.05 Å². The lowest BCUT2D eigenvalue weighted by molar-refractivity contribution is 0.0856. The molecule has 0 unspecified atom stereocenters. The van der Waals surface area contributed by atoms with Crippen molar-refractivity contribution in [2.45, 2.75) is 25.1 Å². The number of amides is 1. The zero-order valence-electron chi connectivity index (χ0n) is 15.1. The molecular weight excluding hydrogens is 361 g/mol. The van der Waals surface area contributed by atoms with Gasteiger partial charge in [0.15, 0.2) is 11.5 Å². The molecule has 3 aromatic heterocycles. The lowest BCUT2D eigenvalue weighted by Gasteiger charge is -2.29. The number of alkyl halides is 1. The van der Waals surface area contributed by atoms with Crippen LogP contribution in [-0.4, -0.2) is 43.1 Å². The molecule has 3 heterocycles. The monoisotopic (exact) mass is 379 g/mol. The smallest absolute Gasteiger partial charge is 0.272 e. The Kier molecular flexibility index (Phi) is 3.75. The summed E-state index contributed by atoms with van der Waals surface area (Å²) in [5, 5.41) is 18.4. The van der Waals surface area contributed by atoms with Crippen molar-refractivity contribution >= 4 is 39.3 Å². The van der Waals surface area contributed by atoms with E-state index in [1.807, 2.05) is 30.3 Å². The number of aryl methyl sites for hydroxylation is 1. The zero-order valence-corrected chi connectivity index (χ0v) is 15.1. The first-order valence-corrected chi connectivity index (χ1v) is 9.06. The molecule has 5 rings (SSSR count). The number of pyridine rings is 1. The maximum atomic E-state index is 13.0. The number of aromatic nitrogens is 5. The Morgan fingerprint density at radius 1 is 1.32 bits per heavy atom. The molecule has 1 amide bonds. The number of carbonyl (C=O) groups excluding carboxylic acids is 1. The Labute approximate surface area is 159 Å². The van der Waals surface area contributed by atoms with Crippen LogP contribution in [0.4, 0.5) is 15.9 Å². The van der Waals surface area contributed by atoms with Gasteiger partial charge in [0.25, 0.3) is 5.91 Å². The molecule has 0 spiro atoms. The van der Waals surface area contributed by atoms with Crippen LogP contribution in [0.5, 0.6) is 0 Å². The molecule has 4 aromatic rings.